The first-order valence-corrected chi connectivity index (χ1v) is 9.73. The molecule has 0 heterocycles. The Hall–Kier alpha value is -0.260. The monoisotopic (exact) mass is 673 g/mol. The molecule has 0 aliphatic heterocycles. The van der Waals surface area contributed by atoms with E-state index < -0.39 is 18.6 Å². The molecule has 0 aliphatic carbocycles. The van der Waals surface area contributed by atoms with Crippen LogP contribution in [0, 0.1) is 10.7 Å². The number of hydrogen-bond acceptors (Lipinski definition) is 5. The molecule has 0 bridgehead atoms. The predicted octanol–water partition coefficient (Wildman–Crippen LogP) is 1.11. The molecule has 0 aliphatic rings. The van der Waals surface area contributed by atoms with E-state index in [9.17, 15) is 19.5 Å². The van der Waals surface area contributed by atoms with E-state index in [1.54, 1.807) is 0 Å². The van der Waals surface area contributed by atoms with Crippen LogP contribution in [0.2, 0.25) is 0 Å². The number of rotatable bonds is 7. The molecule has 0 saturated carbocycles. The lowest BCUT2D eigenvalue weighted by Crippen LogP contribution is -2.35. The minimum atomic E-state index is -1.07. The number of amides is 3. The molecule has 0 saturated heterocycles. The van der Waals surface area contributed by atoms with Gasteiger partial charge in [0.2, 0.25) is 12.3 Å². The Kier molecular flexibility index (Phi) is 9.10. The smallest absolute Gasteiger partial charge is 0.253 e. The Labute approximate surface area is 178 Å². The molecule has 1 atom stereocenters. The zero-order valence-corrected chi connectivity index (χ0v) is 18.8. The summed E-state index contributed by atoms with van der Waals surface area (Å²) in [4.78, 5) is 34.8. The minimum Gasteiger partial charge on any atom is -0.394 e. The van der Waals surface area contributed by atoms with E-state index in [1.807, 2.05) is 67.8 Å². The molecule has 3 amide bonds. The van der Waals surface area contributed by atoms with Crippen LogP contribution in [0.15, 0.2) is 0 Å². The molecule has 5 N–H and O–H groups in total. The fourth-order valence-corrected chi connectivity index (χ4v) is 5.94. The Balaban J connectivity index is 3.41. The second-order valence-electron chi connectivity index (χ2n) is 4.56. The number of halogens is 3. The van der Waals surface area contributed by atoms with Gasteiger partial charge in [0.1, 0.15) is 0 Å². The lowest BCUT2D eigenvalue weighted by Gasteiger charge is -2.19. The molecular weight excluding hydrogens is 659 g/mol. The number of benzene rings is 1. The van der Waals surface area contributed by atoms with Gasteiger partial charge in [0.05, 0.1) is 40.4 Å². The molecule has 24 heavy (non-hydrogen) atoms. The lowest BCUT2D eigenvalue weighted by atomic mass is 10.1. The number of aliphatic hydroxyl groups excluding tert-OH is 2. The highest BCUT2D eigenvalue weighted by molar-refractivity contribution is 14.1. The number of carbonyl (C=O) groups is 3. The first-order valence-electron chi connectivity index (χ1n) is 6.49. The van der Waals surface area contributed by atoms with Crippen LogP contribution >= 0.6 is 67.8 Å². The highest BCUT2D eigenvalue weighted by Gasteiger charge is 2.25. The van der Waals surface area contributed by atoms with Gasteiger partial charge < -0.3 is 26.2 Å². The third kappa shape index (κ3) is 5.37. The number of carbonyl (C=O) groups excluding carboxylic acids is 3. The molecule has 0 fully saturated rings. The third-order valence-corrected chi connectivity index (χ3v) is 5.99. The van der Waals surface area contributed by atoms with Crippen LogP contribution in [0.5, 0.6) is 0 Å². The van der Waals surface area contributed by atoms with Crippen molar-refractivity contribution in [2.45, 2.75) is 13.0 Å². The summed E-state index contributed by atoms with van der Waals surface area (Å²) in [7, 11) is 0. The average Bonchev–Trinajstić information content (AvgIpc) is 2.53. The Bertz CT molecular complexity index is 669. The highest BCUT2D eigenvalue weighted by atomic mass is 127. The first-order chi connectivity index (χ1) is 11.2. The molecule has 132 valence electrons. The van der Waals surface area contributed by atoms with Crippen LogP contribution in [-0.2, 0) is 9.59 Å². The zero-order valence-electron chi connectivity index (χ0n) is 12.3. The quantitative estimate of drug-likeness (QED) is 0.219. The van der Waals surface area contributed by atoms with E-state index >= 15 is 0 Å². The molecule has 11 heteroatoms. The van der Waals surface area contributed by atoms with Crippen molar-refractivity contribution in [2.24, 2.45) is 0 Å². The number of nitrogens with one attached hydrogen (secondary N) is 3. The largest absolute Gasteiger partial charge is 0.394 e. The third-order valence-electron chi connectivity index (χ3n) is 2.76. The Morgan fingerprint density at radius 3 is 2.25 bits per heavy atom. The van der Waals surface area contributed by atoms with Crippen molar-refractivity contribution < 1.29 is 24.6 Å². The van der Waals surface area contributed by atoms with E-state index in [1.165, 1.54) is 6.92 Å². The first kappa shape index (κ1) is 21.8. The normalized spacial score (nSPS) is 11.6. The molecule has 1 aromatic rings. The van der Waals surface area contributed by atoms with Gasteiger partial charge in [-0.15, -0.1) is 0 Å². The summed E-state index contributed by atoms with van der Waals surface area (Å²) >= 11 is 5.85. The predicted molar refractivity (Wildman–Crippen MR) is 114 cm³/mol. The molecule has 1 aromatic carbocycles. The summed E-state index contributed by atoms with van der Waals surface area (Å²) in [6, 6.07) is 0. The van der Waals surface area contributed by atoms with Crippen LogP contribution in [0.4, 0.5) is 11.4 Å². The van der Waals surface area contributed by atoms with Crippen molar-refractivity contribution in [3.05, 3.63) is 16.3 Å². The topological polar surface area (TPSA) is 128 Å². The maximum absolute atomic E-state index is 12.5. The molecule has 8 nitrogen and oxygen atoms in total. The van der Waals surface area contributed by atoms with E-state index in [0.29, 0.717) is 28.5 Å². The Morgan fingerprint density at radius 2 is 1.75 bits per heavy atom. The Morgan fingerprint density at radius 1 is 1.17 bits per heavy atom. The summed E-state index contributed by atoms with van der Waals surface area (Å²) < 4.78 is 1.60. The van der Waals surface area contributed by atoms with Crippen molar-refractivity contribution in [2.75, 3.05) is 23.8 Å². The van der Waals surface area contributed by atoms with Gasteiger partial charge in [-0.3, -0.25) is 14.4 Å². The SMILES string of the molecule is CC(=O)Nc1c(I)c(NC=O)c(I)c(C(=O)NCC(O)CO)c1I. The summed E-state index contributed by atoms with van der Waals surface area (Å²) in [5.74, 6) is -0.806. The molecule has 0 radical (unpaired) electrons. The molecule has 0 spiro atoms. The van der Waals surface area contributed by atoms with Crippen LogP contribution in [-0.4, -0.2) is 47.7 Å². The van der Waals surface area contributed by atoms with Crippen LogP contribution < -0.4 is 16.0 Å². The fraction of sp³-hybridized carbons (Fsp3) is 0.308. The molecule has 1 rings (SSSR count). The number of aliphatic hydroxyl groups is 2. The van der Waals surface area contributed by atoms with Crippen LogP contribution in [0.1, 0.15) is 17.3 Å². The maximum atomic E-state index is 12.5. The summed E-state index contributed by atoms with van der Waals surface area (Å²) in [6.45, 7) is 0.740. The van der Waals surface area contributed by atoms with Gasteiger partial charge in [0.15, 0.2) is 0 Å². The standard InChI is InChI=1S/C13H14I3N3O5/c1-5(22)19-12-9(15)7(13(24)17-2-6(23)3-20)8(14)11(10(12)16)18-4-21/h4,6,20,23H,2-3H2,1H3,(H,17,24)(H,18,21)(H,19,22). The van der Waals surface area contributed by atoms with E-state index in [4.69, 9.17) is 5.11 Å². The lowest BCUT2D eigenvalue weighted by molar-refractivity contribution is -0.114. The molecule has 0 aromatic heterocycles. The van der Waals surface area contributed by atoms with Crippen molar-refractivity contribution in [3.63, 3.8) is 0 Å². The zero-order chi connectivity index (χ0) is 18.4. The van der Waals surface area contributed by atoms with Crippen molar-refractivity contribution in [3.8, 4) is 0 Å². The fourth-order valence-electron chi connectivity index (χ4n) is 1.70. The van der Waals surface area contributed by atoms with Gasteiger partial charge in [-0.1, -0.05) is 0 Å². The van der Waals surface area contributed by atoms with Crippen molar-refractivity contribution in [1.29, 1.82) is 0 Å². The molecule has 1 unspecified atom stereocenters. The van der Waals surface area contributed by atoms with E-state index in [2.05, 4.69) is 16.0 Å². The van der Waals surface area contributed by atoms with Gasteiger partial charge in [0.25, 0.3) is 5.91 Å². The van der Waals surface area contributed by atoms with Gasteiger partial charge in [-0.2, -0.15) is 0 Å². The van der Waals surface area contributed by atoms with Crippen LogP contribution in [0.25, 0.3) is 0 Å². The second-order valence-corrected chi connectivity index (χ2v) is 7.79. The second kappa shape index (κ2) is 10.0. The van der Waals surface area contributed by atoms with Gasteiger partial charge in [0, 0.05) is 13.5 Å². The summed E-state index contributed by atoms with van der Waals surface area (Å²) in [6.07, 6.45) is -0.586. The number of anilines is 2. The molecular formula is C13H14I3N3O5. The van der Waals surface area contributed by atoms with E-state index in [0.717, 1.165) is 0 Å². The van der Waals surface area contributed by atoms with Crippen LogP contribution in [0.3, 0.4) is 0 Å². The van der Waals surface area contributed by atoms with Crippen molar-refractivity contribution in [1.82, 2.24) is 5.32 Å². The highest BCUT2D eigenvalue weighted by Crippen LogP contribution is 2.38. The van der Waals surface area contributed by atoms with Gasteiger partial charge in [-0.25, -0.2) is 0 Å². The van der Waals surface area contributed by atoms with Gasteiger partial charge in [-0.05, 0) is 67.8 Å². The maximum Gasteiger partial charge on any atom is 0.253 e. The summed E-state index contributed by atoms with van der Waals surface area (Å²) in [5, 5.41) is 25.9. The minimum absolute atomic E-state index is 0.126. The number of hydrogen-bond donors (Lipinski definition) is 5. The van der Waals surface area contributed by atoms with Gasteiger partial charge >= 0.3 is 0 Å². The summed E-state index contributed by atoms with van der Waals surface area (Å²) in [5.41, 5.74) is 1.08. The average molecular weight is 673 g/mol. The van der Waals surface area contributed by atoms with E-state index in [-0.39, 0.29) is 18.0 Å². The van der Waals surface area contributed by atoms with Crippen molar-refractivity contribution >= 4 is 97.4 Å².